The Labute approximate surface area is 289 Å². The largest absolute Gasteiger partial charge is 0.396 e. The van der Waals surface area contributed by atoms with Crippen LogP contribution < -0.4 is 9.80 Å². The van der Waals surface area contributed by atoms with Crippen LogP contribution in [0.3, 0.4) is 0 Å². The first-order valence-corrected chi connectivity index (χ1v) is 19.8. The summed E-state index contributed by atoms with van der Waals surface area (Å²) in [5, 5.41) is 29.5. The molecule has 4 atom stereocenters. The van der Waals surface area contributed by atoms with Crippen molar-refractivity contribution in [3.8, 4) is 0 Å². The van der Waals surface area contributed by atoms with E-state index >= 15 is 4.11 Å². The third kappa shape index (κ3) is 5.70. The van der Waals surface area contributed by atoms with Crippen molar-refractivity contribution in [1.82, 2.24) is 15.0 Å². The second kappa shape index (κ2) is 12.8. The van der Waals surface area contributed by atoms with E-state index in [1.807, 2.05) is 55.5 Å². The first kappa shape index (κ1) is 33.7. The van der Waals surface area contributed by atoms with Gasteiger partial charge < -0.3 is 18.9 Å². The first-order valence-electron chi connectivity index (χ1n) is 16.9. The van der Waals surface area contributed by atoms with Crippen molar-refractivity contribution in [2.75, 3.05) is 16.4 Å². The van der Waals surface area contributed by atoms with Gasteiger partial charge in [0.25, 0.3) is 11.6 Å². The van der Waals surface area contributed by atoms with Gasteiger partial charge in [-0.05, 0) is 61.3 Å². The molecule has 1 saturated heterocycles. The van der Waals surface area contributed by atoms with Crippen molar-refractivity contribution in [3.05, 3.63) is 105 Å². The maximum atomic E-state index is 16.3. The summed E-state index contributed by atoms with van der Waals surface area (Å²) < 4.78 is 24.7. The van der Waals surface area contributed by atoms with E-state index in [2.05, 4.69) is 10.3 Å². The third-order valence-corrected chi connectivity index (χ3v) is 12.8. The molecule has 0 radical (unpaired) electrons. The summed E-state index contributed by atoms with van der Waals surface area (Å²) in [6, 6.07) is 19.6. The van der Waals surface area contributed by atoms with Gasteiger partial charge in [0.05, 0.1) is 34.6 Å². The monoisotopic (exact) mass is 698 g/mol. The Bertz CT molecular complexity index is 1980. The van der Waals surface area contributed by atoms with Crippen LogP contribution in [0.15, 0.2) is 72.9 Å². The first-order chi connectivity index (χ1) is 23.9. The predicted octanol–water partition coefficient (Wildman–Crippen LogP) is 5.74. The van der Waals surface area contributed by atoms with E-state index in [0.717, 1.165) is 16.8 Å². The van der Waals surface area contributed by atoms with Crippen molar-refractivity contribution < 1.29 is 28.5 Å². The van der Waals surface area contributed by atoms with Crippen LogP contribution in [0.4, 0.5) is 26.9 Å². The van der Waals surface area contributed by atoms with Crippen LogP contribution in [0, 0.1) is 16.0 Å². The van der Waals surface area contributed by atoms with Crippen LogP contribution in [-0.4, -0.2) is 58.0 Å². The molecule has 4 heterocycles. The number of halogens is 1. The number of ether oxygens (including phenoxy) is 1. The fourth-order valence-electron chi connectivity index (χ4n) is 8.20. The second-order valence-corrected chi connectivity index (χ2v) is 17.7. The number of aromatic nitrogens is 3. The van der Waals surface area contributed by atoms with Gasteiger partial charge in [-0.1, -0.05) is 42.5 Å². The quantitative estimate of drug-likeness (QED) is 0.0956. The Morgan fingerprint density at radius 1 is 1.08 bits per heavy atom. The molecular formula is C36H39FN6O6Si. The Morgan fingerprint density at radius 3 is 2.64 bits per heavy atom. The smallest absolute Gasteiger partial charge is 0.269 e. The van der Waals surface area contributed by atoms with Crippen molar-refractivity contribution in [3.63, 3.8) is 0 Å². The fraction of sp³-hybridized carbons (Fsp3) is 0.389. The van der Waals surface area contributed by atoms with Crippen LogP contribution in [-0.2, 0) is 45.9 Å². The minimum Gasteiger partial charge on any atom is -0.396 e. The summed E-state index contributed by atoms with van der Waals surface area (Å²) in [5.41, 5.74) is 2.35. The van der Waals surface area contributed by atoms with Gasteiger partial charge in [-0.3, -0.25) is 29.3 Å². The van der Waals surface area contributed by atoms with Gasteiger partial charge in [0.1, 0.15) is 0 Å². The number of benzene rings is 3. The SMILES string of the molecule is C[C@@H]1[C@@H]([Si](C)(C)F)[C@H](CCn2cc(CCO)nn2)O[C@@]12C(=O)N(Cc1cccc(N3C(=O)CCc4ccccc43)c1)c1ccc([N+](=O)[O-])cc12. The highest BCUT2D eigenvalue weighted by Crippen LogP contribution is 2.60. The van der Waals surface area contributed by atoms with Crippen molar-refractivity contribution in [1.29, 1.82) is 0 Å². The van der Waals surface area contributed by atoms with E-state index in [4.69, 9.17) is 4.74 Å². The van der Waals surface area contributed by atoms with Gasteiger partial charge in [-0.2, -0.15) is 0 Å². The zero-order chi connectivity index (χ0) is 35.4. The number of nitrogens with zero attached hydrogens (tertiary/aromatic N) is 6. The summed E-state index contributed by atoms with van der Waals surface area (Å²) in [7, 11) is -3.48. The molecule has 4 aromatic rings. The molecule has 7 rings (SSSR count). The Hall–Kier alpha value is -4.79. The number of nitro benzene ring substituents is 1. The molecule has 3 aliphatic rings. The third-order valence-electron chi connectivity index (χ3n) is 10.4. The summed E-state index contributed by atoms with van der Waals surface area (Å²) >= 11 is 0. The molecule has 12 nitrogen and oxygen atoms in total. The number of aliphatic hydroxyl groups excluding tert-OH is 1. The molecule has 1 spiro atoms. The standard InChI is InChI=1S/C36H39FN6O6Si/c1-23-34(50(2,3)37)32(15-17-40-22-26(16-18-44)38-39-40)49-36(23)29-20-28(43(47)48)12-13-31(29)41(35(36)46)21-24-7-6-9-27(19-24)42-30-10-5-4-8-25(30)11-14-33(42)45/h4-10,12-13,19-20,22-23,32,34,44H,11,14-18,21H2,1-3H3/t23-,32+,34-,36+/m1/s1. The fourth-order valence-corrected chi connectivity index (χ4v) is 10.7. The molecule has 2 amide bonds. The van der Waals surface area contributed by atoms with Crippen LogP contribution in [0.5, 0.6) is 0 Å². The number of non-ortho nitro benzene ring substituents is 1. The number of nitro groups is 1. The van der Waals surface area contributed by atoms with Crippen molar-refractivity contribution >= 4 is 43.0 Å². The molecule has 0 bridgehead atoms. The Kier molecular flexibility index (Phi) is 8.64. The highest BCUT2D eigenvalue weighted by Gasteiger charge is 2.67. The molecule has 0 saturated carbocycles. The van der Waals surface area contributed by atoms with Gasteiger partial charge in [0.2, 0.25) is 14.3 Å². The number of rotatable bonds is 10. The molecule has 1 N–H and O–H groups in total. The van der Waals surface area contributed by atoms with E-state index in [0.29, 0.717) is 54.9 Å². The van der Waals surface area contributed by atoms with Gasteiger partial charge in [-0.25, -0.2) is 0 Å². The molecule has 260 valence electrons. The average molecular weight is 699 g/mol. The van der Waals surface area contributed by atoms with Crippen LogP contribution in [0.1, 0.15) is 42.1 Å². The lowest BCUT2D eigenvalue weighted by atomic mass is 9.82. The summed E-state index contributed by atoms with van der Waals surface area (Å²) in [4.78, 5) is 42.8. The van der Waals surface area contributed by atoms with Crippen molar-refractivity contribution in [2.45, 2.75) is 76.0 Å². The Balaban J connectivity index is 1.24. The van der Waals surface area contributed by atoms with E-state index < -0.39 is 42.4 Å². The number of aliphatic hydroxyl groups is 1. The maximum absolute atomic E-state index is 16.3. The number of aryl methyl sites for hydroxylation is 2. The number of carbonyl (C=O) groups is 2. The molecule has 0 aliphatic carbocycles. The lowest BCUT2D eigenvalue weighted by molar-refractivity contribution is -0.385. The maximum Gasteiger partial charge on any atom is 0.269 e. The lowest BCUT2D eigenvalue weighted by Gasteiger charge is -2.31. The normalized spacial score (nSPS) is 23.1. The van der Waals surface area contributed by atoms with E-state index in [-0.39, 0.29) is 24.7 Å². The number of carbonyl (C=O) groups excluding carboxylic acids is 2. The lowest BCUT2D eigenvalue weighted by Crippen LogP contribution is -2.45. The molecule has 1 aromatic heterocycles. The van der Waals surface area contributed by atoms with Gasteiger partial charge in [-0.15, -0.1) is 5.10 Å². The average Bonchev–Trinajstić information content (AvgIpc) is 3.73. The number of para-hydroxylation sites is 1. The van der Waals surface area contributed by atoms with Crippen LogP contribution in [0.25, 0.3) is 0 Å². The zero-order valence-electron chi connectivity index (χ0n) is 28.2. The number of hydrogen-bond donors (Lipinski definition) is 1. The molecule has 1 fully saturated rings. The number of hydrogen-bond acceptors (Lipinski definition) is 8. The number of anilines is 3. The highest BCUT2D eigenvalue weighted by atomic mass is 28.4. The van der Waals surface area contributed by atoms with Crippen LogP contribution >= 0.6 is 0 Å². The van der Waals surface area contributed by atoms with Crippen molar-refractivity contribution in [2.24, 2.45) is 5.92 Å². The molecular weight excluding hydrogens is 660 g/mol. The molecule has 0 unspecified atom stereocenters. The molecule has 3 aromatic carbocycles. The highest BCUT2D eigenvalue weighted by molar-refractivity contribution is 6.72. The molecule has 3 aliphatic heterocycles. The summed E-state index contributed by atoms with van der Waals surface area (Å²) in [6.45, 7) is 5.42. The topological polar surface area (TPSA) is 144 Å². The van der Waals surface area contributed by atoms with E-state index in [1.54, 1.807) is 39.8 Å². The van der Waals surface area contributed by atoms with E-state index in [9.17, 15) is 24.8 Å². The van der Waals surface area contributed by atoms with Gasteiger partial charge >= 0.3 is 0 Å². The predicted molar refractivity (Wildman–Crippen MR) is 186 cm³/mol. The molecule has 50 heavy (non-hydrogen) atoms. The van der Waals surface area contributed by atoms with Gasteiger partial charge in [0.15, 0.2) is 5.60 Å². The molecule has 14 heteroatoms. The zero-order valence-corrected chi connectivity index (χ0v) is 29.2. The van der Waals surface area contributed by atoms with E-state index in [1.165, 1.54) is 12.1 Å². The number of fused-ring (bicyclic) bond motifs is 3. The number of amides is 2. The minimum atomic E-state index is -3.48. The Morgan fingerprint density at radius 2 is 1.88 bits per heavy atom. The van der Waals surface area contributed by atoms with Crippen LogP contribution in [0.2, 0.25) is 18.6 Å². The second-order valence-electron chi connectivity index (χ2n) is 13.9. The minimum absolute atomic E-state index is 0.0199. The summed E-state index contributed by atoms with van der Waals surface area (Å²) in [6.07, 6.45) is 2.80. The summed E-state index contributed by atoms with van der Waals surface area (Å²) in [5.74, 6) is -1.05. The van der Waals surface area contributed by atoms with Gasteiger partial charge in [0, 0.05) is 67.0 Å².